The summed E-state index contributed by atoms with van der Waals surface area (Å²) in [6, 6.07) is 0. The van der Waals surface area contributed by atoms with Crippen molar-refractivity contribution in [3.05, 3.63) is 0 Å². The van der Waals surface area contributed by atoms with Crippen LogP contribution in [0.2, 0.25) is 0 Å². The van der Waals surface area contributed by atoms with Crippen LogP contribution < -0.4 is 0 Å². The summed E-state index contributed by atoms with van der Waals surface area (Å²) in [6.45, 7) is 4.72. The molecule has 0 amide bonds. The summed E-state index contributed by atoms with van der Waals surface area (Å²) in [5.74, 6) is -2.42. The van der Waals surface area contributed by atoms with Crippen LogP contribution in [0.15, 0.2) is 0 Å². The van der Waals surface area contributed by atoms with Crippen molar-refractivity contribution >= 4 is 0 Å². The first-order chi connectivity index (χ1) is 9.97. The molecule has 3 saturated heterocycles. The summed E-state index contributed by atoms with van der Waals surface area (Å²) < 4.78 is 11.1. The van der Waals surface area contributed by atoms with E-state index in [2.05, 4.69) is 0 Å². The average Bonchev–Trinajstić information content (AvgIpc) is 2.56. The van der Waals surface area contributed by atoms with E-state index in [4.69, 9.17) is 9.47 Å². The lowest BCUT2D eigenvalue weighted by Gasteiger charge is -2.68. The first-order valence-corrected chi connectivity index (χ1v) is 7.80. The van der Waals surface area contributed by atoms with Crippen LogP contribution in [0.5, 0.6) is 0 Å². The molecule has 0 aromatic rings. The molecule has 5 fully saturated rings. The van der Waals surface area contributed by atoms with Gasteiger partial charge in [0.2, 0.25) is 0 Å². The molecule has 5 aliphatic rings. The van der Waals surface area contributed by atoms with Crippen molar-refractivity contribution in [3.63, 3.8) is 0 Å². The third-order valence-electron chi connectivity index (χ3n) is 7.58. The van der Waals surface area contributed by atoms with E-state index in [-0.39, 0.29) is 19.4 Å². The molecule has 0 aromatic carbocycles. The van der Waals surface area contributed by atoms with Crippen molar-refractivity contribution < 1.29 is 35.0 Å². The molecule has 2 aliphatic carbocycles. The van der Waals surface area contributed by atoms with Crippen LogP contribution in [0.3, 0.4) is 0 Å². The van der Waals surface area contributed by atoms with Crippen LogP contribution in [0.4, 0.5) is 0 Å². The van der Waals surface area contributed by atoms with Gasteiger partial charge in [0.1, 0.15) is 11.7 Å². The smallest absolute Gasteiger partial charge is 0.199 e. The quantitative estimate of drug-likeness (QED) is 0.377. The summed E-state index contributed by atoms with van der Waals surface area (Å²) in [6.07, 6.45) is -3.31. The molecule has 0 radical (unpaired) electrons. The topological polar surface area (TPSA) is 120 Å². The Kier molecular flexibility index (Phi) is 2.56. The lowest BCUT2D eigenvalue weighted by atomic mass is 9.43. The van der Waals surface area contributed by atoms with Gasteiger partial charge in [0.15, 0.2) is 12.1 Å². The zero-order chi connectivity index (χ0) is 16.3. The Labute approximate surface area is 128 Å². The normalized spacial score (nSPS) is 69.8. The Balaban J connectivity index is 2.06. The molecular formula is C15H24O7. The van der Waals surface area contributed by atoms with E-state index < -0.39 is 52.2 Å². The third-order valence-corrected chi connectivity index (χ3v) is 7.58. The number of ether oxygens (including phenoxy) is 2. The summed E-state index contributed by atoms with van der Waals surface area (Å²) in [4.78, 5) is 0. The predicted molar refractivity (Wildman–Crippen MR) is 72.3 cm³/mol. The predicted octanol–water partition coefficient (Wildman–Crippen LogP) is -1.30. The second-order valence-electron chi connectivity index (χ2n) is 8.07. The van der Waals surface area contributed by atoms with E-state index in [9.17, 15) is 25.5 Å². The molecule has 1 spiro atoms. The van der Waals surface area contributed by atoms with Crippen molar-refractivity contribution in [1.82, 2.24) is 0 Å². The van der Waals surface area contributed by atoms with Crippen molar-refractivity contribution in [3.8, 4) is 0 Å². The van der Waals surface area contributed by atoms with Gasteiger partial charge in [-0.15, -0.1) is 0 Å². The highest BCUT2D eigenvalue weighted by molar-refractivity contribution is 5.32. The lowest BCUT2D eigenvalue weighted by molar-refractivity contribution is -0.448. The molecule has 126 valence electrons. The number of aliphatic hydroxyl groups is 5. The molecule has 2 saturated carbocycles. The van der Waals surface area contributed by atoms with E-state index in [1.807, 2.05) is 0 Å². The maximum atomic E-state index is 11.6. The molecule has 7 nitrogen and oxygen atoms in total. The standard InChI is InChI=1S/C15H24O7/c1-7-8(16)4-14(19)11(2)6-21-10-9(17)13(7,14)5-15(20,22-10)12(11,3)18/h7-10,16-20H,4-6H2,1-3H3/t7-,8+,9+,10-,11-,12-,13+,14+,15-/m1/s1. The molecule has 3 heterocycles. The molecule has 22 heavy (non-hydrogen) atoms. The van der Waals surface area contributed by atoms with Gasteiger partial charge in [-0.3, -0.25) is 0 Å². The van der Waals surface area contributed by atoms with E-state index in [0.29, 0.717) is 0 Å². The van der Waals surface area contributed by atoms with Gasteiger partial charge in [-0.05, 0) is 12.8 Å². The summed E-state index contributed by atoms with van der Waals surface area (Å²) in [5, 5.41) is 54.9. The fourth-order valence-electron chi connectivity index (χ4n) is 5.75. The number of hydrogen-bond donors (Lipinski definition) is 5. The van der Waals surface area contributed by atoms with Crippen LogP contribution in [0.25, 0.3) is 0 Å². The van der Waals surface area contributed by atoms with Gasteiger partial charge in [-0.1, -0.05) is 13.8 Å². The third kappa shape index (κ3) is 1.14. The van der Waals surface area contributed by atoms with Gasteiger partial charge in [0.25, 0.3) is 0 Å². The maximum absolute atomic E-state index is 11.6. The molecule has 4 bridgehead atoms. The Hall–Kier alpha value is -0.280. The van der Waals surface area contributed by atoms with Gasteiger partial charge in [0.05, 0.1) is 23.7 Å². The molecule has 9 atom stereocenters. The summed E-state index contributed by atoms with van der Waals surface area (Å²) >= 11 is 0. The Bertz CT molecular complexity index is 538. The van der Waals surface area contributed by atoms with Crippen molar-refractivity contribution in [2.45, 2.75) is 69.1 Å². The number of aliphatic hydroxyl groups excluding tert-OH is 2. The molecular weight excluding hydrogens is 292 g/mol. The van der Waals surface area contributed by atoms with Crippen LogP contribution in [-0.2, 0) is 9.47 Å². The highest BCUT2D eigenvalue weighted by Gasteiger charge is 2.86. The minimum Gasteiger partial charge on any atom is -0.393 e. The van der Waals surface area contributed by atoms with Crippen molar-refractivity contribution in [1.29, 1.82) is 0 Å². The minimum atomic E-state index is -1.95. The van der Waals surface area contributed by atoms with Crippen molar-refractivity contribution in [2.24, 2.45) is 16.7 Å². The Morgan fingerprint density at radius 3 is 2.36 bits per heavy atom. The highest BCUT2D eigenvalue weighted by atomic mass is 16.8. The zero-order valence-electron chi connectivity index (χ0n) is 13.0. The van der Waals surface area contributed by atoms with Crippen LogP contribution in [0.1, 0.15) is 33.6 Å². The molecule has 0 aromatic heterocycles. The van der Waals surface area contributed by atoms with E-state index in [1.165, 1.54) is 6.92 Å². The molecule has 5 N–H and O–H groups in total. The van der Waals surface area contributed by atoms with Gasteiger partial charge in [-0.25, -0.2) is 0 Å². The second kappa shape index (κ2) is 3.69. The van der Waals surface area contributed by atoms with Crippen LogP contribution in [-0.4, -0.2) is 67.6 Å². The molecule has 5 rings (SSSR count). The lowest BCUT2D eigenvalue weighted by Crippen LogP contribution is -2.82. The number of hydrogen-bond acceptors (Lipinski definition) is 7. The van der Waals surface area contributed by atoms with Crippen molar-refractivity contribution in [2.75, 3.05) is 6.61 Å². The van der Waals surface area contributed by atoms with E-state index in [0.717, 1.165) is 0 Å². The van der Waals surface area contributed by atoms with Gasteiger partial charge in [0, 0.05) is 18.3 Å². The van der Waals surface area contributed by atoms with E-state index >= 15 is 0 Å². The molecule has 3 aliphatic heterocycles. The first kappa shape index (κ1) is 15.3. The average molecular weight is 316 g/mol. The minimum absolute atomic E-state index is 0.0179. The van der Waals surface area contributed by atoms with Gasteiger partial charge < -0.3 is 35.0 Å². The highest BCUT2D eigenvalue weighted by Crippen LogP contribution is 2.74. The van der Waals surface area contributed by atoms with Crippen LogP contribution >= 0.6 is 0 Å². The van der Waals surface area contributed by atoms with Crippen LogP contribution in [0, 0.1) is 16.7 Å². The fraction of sp³-hybridized carbons (Fsp3) is 1.00. The Morgan fingerprint density at radius 2 is 1.73 bits per heavy atom. The number of rotatable bonds is 0. The summed E-state index contributed by atoms with van der Waals surface area (Å²) in [5.41, 5.74) is -5.87. The zero-order valence-corrected chi connectivity index (χ0v) is 13.0. The van der Waals surface area contributed by atoms with Gasteiger partial charge >= 0.3 is 0 Å². The van der Waals surface area contributed by atoms with E-state index in [1.54, 1.807) is 13.8 Å². The monoisotopic (exact) mass is 316 g/mol. The summed E-state index contributed by atoms with van der Waals surface area (Å²) in [7, 11) is 0. The Morgan fingerprint density at radius 1 is 1.09 bits per heavy atom. The fourth-order valence-corrected chi connectivity index (χ4v) is 5.75. The molecule has 7 heteroatoms. The SMILES string of the molecule is C[C@@H]1[C@@H](O)C[C@@]2(O)[C@@]13C[C@@]1(O)O[C@@H](OC[C@]2(C)[C@@]1(C)O)[C@@H]3O. The largest absolute Gasteiger partial charge is 0.393 e. The second-order valence-corrected chi connectivity index (χ2v) is 8.07. The van der Waals surface area contributed by atoms with Gasteiger partial charge in [-0.2, -0.15) is 0 Å². The maximum Gasteiger partial charge on any atom is 0.199 e. The number of fused-ring (bicyclic) bond motifs is 1. The first-order valence-electron chi connectivity index (χ1n) is 7.80. The molecule has 0 unspecified atom stereocenters.